The van der Waals surface area contributed by atoms with E-state index in [1.165, 1.54) is 5.56 Å². The highest BCUT2D eigenvalue weighted by atomic mass is 32.1. The molecule has 0 bridgehead atoms. The zero-order chi connectivity index (χ0) is 14.6. The van der Waals surface area contributed by atoms with Gasteiger partial charge in [-0.05, 0) is 23.6 Å². The zero-order valence-corrected chi connectivity index (χ0v) is 12.6. The number of aromatic amines is 2. The summed E-state index contributed by atoms with van der Waals surface area (Å²) in [6.07, 6.45) is 0. The molecular weight excluding hydrogens is 280 g/mol. The van der Waals surface area contributed by atoms with Gasteiger partial charge in [0.2, 0.25) is 0 Å². The fourth-order valence-corrected chi connectivity index (χ4v) is 1.81. The number of aliphatic carboxylic acids is 1. The van der Waals surface area contributed by atoms with Crippen molar-refractivity contribution >= 4 is 41.4 Å². The van der Waals surface area contributed by atoms with E-state index in [9.17, 15) is 0 Å². The molecule has 4 nitrogen and oxygen atoms in total. The third-order valence-corrected chi connectivity index (χ3v) is 3.15. The summed E-state index contributed by atoms with van der Waals surface area (Å²) in [5.74, 6) is -0.320. The topological polar surface area (TPSA) is 68.9 Å². The van der Waals surface area contributed by atoms with Gasteiger partial charge in [0.15, 0.2) is 0 Å². The van der Waals surface area contributed by atoms with E-state index in [-0.39, 0.29) is 0 Å². The third-order valence-electron chi connectivity index (χ3n) is 2.41. The maximum Gasteiger partial charge on any atom is 0.300 e. The molecule has 0 atom stereocenters. The Morgan fingerprint density at radius 1 is 1.16 bits per heavy atom. The molecule has 2 rings (SSSR count). The maximum absolute atomic E-state index is 9.00. The van der Waals surface area contributed by atoms with Crippen LogP contribution in [0.5, 0.6) is 0 Å². The van der Waals surface area contributed by atoms with Gasteiger partial charge in [-0.2, -0.15) is 0 Å². The molecule has 1 heterocycles. The smallest absolute Gasteiger partial charge is 0.300 e. The minimum atomic E-state index is -0.833. The molecule has 0 saturated carbocycles. The van der Waals surface area contributed by atoms with Gasteiger partial charge in [-0.3, -0.25) is 4.79 Å². The van der Waals surface area contributed by atoms with Gasteiger partial charge in [-0.1, -0.05) is 44.3 Å². The Hall–Kier alpha value is -1.53. The lowest BCUT2D eigenvalue weighted by Crippen LogP contribution is -1.91. The van der Waals surface area contributed by atoms with Crippen LogP contribution >= 0.6 is 24.4 Å². The number of carboxylic acid groups (broad SMARTS) is 1. The van der Waals surface area contributed by atoms with Crippen LogP contribution in [0.3, 0.4) is 0 Å². The Balaban J connectivity index is 0.000000399. The standard InChI is InChI=1S/C11H12N2S2.C2H4O2/c1-6(2)7-3-4-8-9(5-7)13-11(15)10(14)12-8;1-2(3)4/h3-6H,1-2H3,(H,12,14)(H,13,15);1H3,(H,3,4). The second kappa shape index (κ2) is 6.58. The largest absolute Gasteiger partial charge is 0.481 e. The summed E-state index contributed by atoms with van der Waals surface area (Å²) in [5.41, 5.74) is 3.30. The lowest BCUT2D eigenvalue weighted by atomic mass is 10.0. The van der Waals surface area contributed by atoms with Gasteiger partial charge in [-0.25, -0.2) is 0 Å². The Morgan fingerprint density at radius 3 is 2.11 bits per heavy atom. The number of fused-ring (bicyclic) bond motifs is 1. The lowest BCUT2D eigenvalue weighted by Gasteiger charge is -2.06. The molecule has 1 aromatic carbocycles. The van der Waals surface area contributed by atoms with Crippen LogP contribution in [0.4, 0.5) is 0 Å². The third kappa shape index (κ3) is 4.57. The van der Waals surface area contributed by atoms with Gasteiger partial charge in [0.1, 0.15) is 9.28 Å². The van der Waals surface area contributed by atoms with Crippen LogP contribution in [-0.2, 0) is 4.79 Å². The van der Waals surface area contributed by atoms with Crippen LogP contribution in [0, 0.1) is 9.28 Å². The molecule has 6 heteroatoms. The fraction of sp³-hybridized carbons (Fsp3) is 0.308. The first-order valence-corrected chi connectivity index (χ1v) is 6.58. The molecule has 2 aromatic rings. The van der Waals surface area contributed by atoms with E-state index in [4.69, 9.17) is 34.3 Å². The van der Waals surface area contributed by atoms with Crippen molar-refractivity contribution in [2.75, 3.05) is 0 Å². The number of hydrogen-bond donors (Lipinski definition) is 3. The van der Waals surface area contributed by atoms with E-state index < -0.39 is 5.97 Å². The van der Waals surface area contributed by atoms with Crippen LogP contribution in [0.2, 0.25) is 0 Å². The van der Waals surface area contributed by atoms with Crippen molar-refractivity contribution < 1.29 is 9.90 Å². The molecule has 0 unspecified atom stereocenters. The highest BCUT2D eigenvalue weighted by Gasteiger charge is 2.01. The molecule has 3 N–H and O–H groups in total. The Labute approximate surface area is 121 Å². The Morgan fingerprint density at radius 2 is 1.63 bits per heavy atom. The Kier molecular flexibility index (Phi) is 5.38. The number of hydrogen-bond acceptors (Lipinski definition) is 3. The van der Waals surface area contributed by atoms with Crippen molar-refractivity contribution in [1.82, 2.24) is 9.97 Å². The van der Waals surface area contributed by atoms with Gasteiger partial charge in [0.05, 0.1) is 11.0 Å². The predicted octanol–water partition coefficient (Wildman–Crippen LogP) is 4.17. The first-order chi connectivity index (χ1) is 8.81. The minimum Gasteiger partial charge on any atom is -0.481 e. The average molecular weight is 296 g/mol. The summed E-state index contributed by atoms with van der Waals surface area (Å²) >= 11 is 10.2. The quantitative estimate of drug-likeness (QED) is 0.691. The van der Waals surface area contributed by atoms with Crippen LogP contribution in [0.15, 0.2) is 18.2 Å². The van der Waals surface area contributed by atoms with Crippen molar-refractivity contribution in [2.45, 2.75) is 26.7 Å². The highest BCUT2D eigenvalue weighted by Crippen LogP contribution is 2.18. The van der Waals surface area contributed by atoms with Gasteiger partial charge in [0, 0.05) is 6.92 Å². The molecule has 0 fully saturated rings. The first-order valence-electron chi connectivity index (χ1n) is 5.77. The summed E-state index contributed by atoms with van der Waals surface area (Å²) in [6.45, 7) is 5.42. The van der Waals surface area contributed by atoms with E-state index in [0.717, 1.165) is 18.0 Å². The van der Waals surface area contributed by atoms with E-state index in [0.29, 0.717) is 15.2 Å². The van der Waals surface area contributed by atoms with Crippen LogP contribution in [-0.4, -0.2) is 21.0 Å². The van der Waals surface area contributed by atoms with Crippen molar-refractivity contribution in [3.8, 4) is 0 Å². The summed E-state index contributed by atoms with van der Waals surface area (Å²) < 4.78 is 1.19. The van der Waals surface area contributed by atoms with Gasteiger partial charge >= 0.3 is 0 Å². The number of rotatable bonds is 1. The second-order valence-corrected chi connectivity index (χ2v) is 5.20. The number of carbonyl (C=O) groups is 1. The normalized spacial score (nSPS) is 10.1. The molecule has 0 aliphatic rings. The van der Waals surface area contributed by atoms with E-state index in [2.05, 4.69) is 35.9 Å². The summed E-state index contributed by atoms with van der Waals surface area (Å²) in [4.78, 5) is 15.2. The molecule has 0 saturated heterocycles. The maximum atomic E-state index is 9.00. The van der Waals surface area contributed by atoms with Crippen LogP contribution < -0.4 is 0 Å². The molecule has 19 heavy (non-hydrogen) atoms. The molecular formula is C13H16N2O2S2. The number of aromatic nitrogens is 2. The number of benzene rings is 1. The SMILES string of the molecule is CC(=O)O.CC(C)c1ccc2[nH]c(=S)c(=S)[nH]c2c1. The van der Waals surface area contributed by atoms with Gasteiger partial charge < -0.3 is 15.1 Å². The van der Waals surface area contributed by atoms with Crippen molar-refractivity contribution in [3.05, 3.63) is 33.0 Å². The summed E-state index contributed by atoms with van der Waals surface area (Å²) in [6, 6.07) is 6.25. The van der Waals surface area contributed by atoms with E-state index in [1.807, 2.05) is 6.07 Å². The van der Waals surface area contributed by atoms with Crippen LogP contribution in [0.25, 0.3) is 11.0 Å². The zero-order valence-electron chi connectivity index (χ0n) is 11.0. The van der Waals surface area contributed by atoms with Crippen molar-refractivity contribution in [2.24, 2.45) is 0 Å². The average Bonchev–Trinajstić information content (AvgIpc) is 2.29. The second-order valence-electron chi connectivity index (χ2n) is 4.39. The predicted molar refractivity (Wildman–Crippen MR) is 81.7 cm³/mol. The lowest BCUT2D eigenvalue weighted by molar-refractivity contribution is -0.134. The first kappa shape index (κ1) is 15.5. The molecule has 0 spiro atoms. The number of nitrogens with one attached hydrogen (secondary N) is 2. The number of H-pyrrole nitrogens is 2. The van der Waals surface area contributed by atoms with Crippen molar-refractivity contribution in [3.63, 3.8) is 0 Å². The summed E-state index contributed by atoms with van der Waals surface area (Å²) in [7, 11) is 0. The fourth-order valence-electron chi connectivity index (χ4n) is 1.49. The van der Waals surface area contributed by atoms with E-state index in [1.54, 1.807) is 0 Å². The highest BCUT2D eigenvalue weighted by molar-refractivity contribution is 7.73. The molecule has 0 radical (unpaired) electrons. The number of carboxylic acids is 1. The molecule has 0 aliphatic carbocycles. The minimum absolute atomic E-state index is 0.513. The van der Waals surface area contributed by atoms with E-state index >= 15 is 0 Å². The Bertz CT molecular complexity index is 698. The monoisotopic (exact) mass is 296 g/mol. The molecule has 0 amide bonds. The molecule has 1 aromatic heterocycles. The summed E-state index contributed by atoms with van der Waals surface area (Å²) in [5, 5.41) is 7.42. The van der Waals surface area contributed by atoms with Gasteiger partial charge in [0.25, 0.3) is 5.97 Å². The molecule has 102 valence electrons. The van der Waals surface area contributed by atoms with Crippen molar-refractivity contribution in [1.29, 1.82) is 0 Å². The van der Waals surface area contributed by atoms with Crippen LogP contribution in [0.1, 0.15) is 32.3 Å². The molecule has 0 aliphatic heterocycles. The van der Waals surface area contributed by atoms with Gasteiger partial charge in [-0.15, -0.1) is 0 Å².